The van der Waals surface area contributed by atoms with Crippen LogP contribution >= 0.6 is 0 Å². The molecule has 0 amide bonds. The van der Waals surface area contributed by atoms with E-state index in [1.54, 1.807) is 5.57 Å². The lowest BCUT2D eigenvalue weighted by Gasteiger charge is -2.58. The lowest BCUT2D eigenvalue weighted by molar-refractivity contribution is -0.151. The molecule has 0 aliphatic heterocycles. The van der Waals surface area contributed by atoms with Gasteiger partial charge in [0.2, 0.25) is 0 Å². The first-order valence-corrected chi connectivity index (χ1v) is 15.1. The molecule has 3 fully saturated rings. The standard InChI is InChI=1S/C32H54O2/c1-7-8-12-30(33)34-25-17-19-31(5)24(21-25)13-14-26-28-16-15-27(23(4)11-9-10-22(2)3)32(28,6)20-18-29(26)31/h13,22-23,25-29H,7-12,14-21H2,1-6H3/t23-,25+,26-,27+,28-,29-,31+,32-/m1/s1. The van der Waals surface area contributed by atoms with Crippen LogP contribution in [0.15, 0.2) is 11.6 Å². The van der Waals surface area contributed by atoms with Crippen LogP contribution in [-0.4, -0.2) is 12.1 Å². The van der Waals surface area contributed by atoms with Gasteiger partial charge in [-0.1, -0.05) is 78.9 Å². The number of allylic oxidation sites excluding steroid dienone is 1. The van der Waals surface area contributed by atoms with Gasteiger partial charge in [0.1, 0.15) is 6.10 Å². The molecule has 2 heteroatoms. The minimum Gasteiger partial charge on any atom is -0.462 e. The van der Waals surface area contributed by atoms with Gasteiger partial charge in [-0.2, -0.15) is 0 Å². The van der Waals surface area contributed by atoms with Crippen LogP contribution in [0.2, 0.25) is 0 Å². The zero-order valence-electron chi connectivity index (χ0n) is 23.3. The van der Waals surface area contributed by atoms with Crippen molar-refractivity contribution in [2.45, 2.75) is 138 Å². The maximum atomic E-state index is 12.2. The Morgan fingerprint density at radius 2 is 1.82 bits per heavy atom. The highest BCUT2D eigenvalue weighted by Crippen LogP contribution is 2.67. The number of carbonyl (C=O) groups excluding carboxylic acids is 1. The van der Waals surface area contributed by atoms with E-state index in [2.05, 4.69) is 47.6 Å². The molecule has 0 unspecified atom stereocenters. The summed E-state index contributed by atoms with van der Waals surface area (Å²) in [6.45, 7) is 14.7. The predicted molar refractivity (Wildman–Crippen MR) is 142 cm³/mol. The molecule has 0 saturated heterocycles. The van der Waals surface area contributed by atoms with Crippen LogP contribution in [0.5, 0.6) is 0 Å². The third-order valence-corrected chi connectivity index (χ3v) is 11.3. The fraction of sp³-hybridized carbons (Fsp3) is 0.906. The normalized spacial score (nSPS) is 40.2. The topological polar surface area (TPSA) is 26.3 Å². The highest BCUT2D eigenvalue weighted by Gasteiger charge is 2.59. The highest BCUT2D eigenvalue weighted by atomic mass is 16.5. The first-order valence-electron chi connectivity index (χ1n) is 15.1. The van der Waals surface area contributed by atoms with Gasteiger partial charge in [-0.15, -0.1) is 0 Å². The predicted octanol–water partition coefficient (Wildman–Crippen LogP) is 9.13. The maximum absolute atomic E-state index is 12.2. The van der Waals surface area contributed by atoms with E-state index in [-0.39, 0.29) is 12.1 Å². The molecule has 0 aromatic carbocycles. The van der Waals surface area contributed by atoms with Crippen molar-refractivity contribution in [1.82, 2.24) is 0 Å². The fourth-order valence-electron chi connectivity index (χ4n) is 9.32. The van der Waals surface area contributed by atoms with E-state index in [0.717, 1.165) is 61.2 Å². The summed E-state index contributed by atoms with van der Waals surface area (Å²) in [5.41, 5.74) is 2.54. The van der Waals surface area contributed by atoms with E-state index in [1.165, 1.54) is 57.8 Å². The molecule has 4 aliphatic carbocycles. The van der Waals surface area contributed by atoms with Crippen molar-refractivity contribution < 1.29 is 9.53 Å². The quantitative estimate of drug-likeness (QED) is 0.248. The van der Waals surface area contributed by atoms with Gasteiger partial charge in [0.05, 0.1) is 0 Å². The van der Waals surface area contributed by atoms with Crippen molar-refractivity contribution in [3.63, 3.8) is 0 Å². The van der Waals surface area contributed by atoms with E-state index in [9.17, 15) is 4.79 Å². The molecule has 0 spiro atoms. The SMILES string of the molecule is CCCCC(=O)O[C@H]1CC[C@@]2(C)C(=CC[C@@H]3[C@H]4CC[C@@H]([C@H](C)CCCC(C)C)[C@@]4(C)CC[C@H]32)C1. The van der Waals surface area contributed by atoms with E-state index in [0.29, 0.717) is 17.3 Å². The van der Waals surface area contributed by atoms with Crippen LogP contribution in [0.4, 0.5) is 0 Å². The third kappa shape index (κ3) is 5.04. The molecule has 0 aromatic heterocycles. The van der Waals surface area contributed by atoms with Crippen LogP contribution in [0, 0.1) is 46.3 Å². The summed E-state index contributed by atoms with van der Waals surface area (Å²) >= 11 is 0. The van der Waals surface area contributed by atoms with Gasteiger partial charge in [-0.05, 0) is 97.7 Å². The summed E-state index contributed by atoms with van der Waals surface area (Å²) in [5, 5.41) is 0. The average molecular weight is 471 g/mol. The van der Waals surface area contributed by atoms with E-state index < -0.39 is 0 Å². The number of ether oxygens (including phenoxy) is 1. The number of hydrogen-bond acceptors (Lipinski definition) is 2. The molecule has 0 heterocycles. The molecule has 4 aliphatic rings. The first-order chi connectivity index (χ1) is 16.2. The van der Waals surface area contributed by atoms with Gasteiger partial charge in [0.25, 0.3) is 0 Å². The summed E-state index contributed by atoms with van der Waals surface area (Å²) < 4.78 is 5.92. The molecule has 8 atom stereocenters. The van der Waals surface area contributed by atoms with Crippen molar-refractivity contribution >= 4 is 5.97 Å². The second-order valence-corrected chi connectivity index (χ2v) is 13.7. The number of rotatable bonds is 9. The van der Waals surface area contributed by atoms with Gasteiger partial charge < -0.3 is 4.74 Å². The summed E-state index contributed by atoms with van der Waals surface area (Å²) in [6, 6.07) is 0. The van der Waals surface area contributed by atoms with Crippen LogP contribution < -0.4 is 0 Å². The molecule has 34 heavy (non-hydrogen) atoms. The van der Waals surface area contributed by atoms with Crippen molar-refractivity contribution in [3.8, 4) is 0 Å². The molecule has 3 saturated carbocycles. The molecule has 0 radical (unpaired) electrons. The van der Waals surface area contributed by atoms with Crippen molar-refractivity contribution in [2.24, 2.45) is 46.3 Å². The van der Waals surface area contributed by atoms with Crippen molar-refractivity contribution in [1.29, 1.82) is 0 Å². The van der Waals surface area contributed by atoms with Crippen molar-refractivity contribution in [2.75, 3.05) is 0 Å². The third-order valence-electron chi connectivity index (χ3n) is 11.3. The highest BCUT2D eigenvalue weighted by molar-refractivity contribution is 5.69. The fourth-order valence-corrected chi connectivity index (χ4v) is 9.32. The molecule has 4 rings (SSSR count). The van der Waals surface area contributed by atoms with Crippen LogP contribution in [-0.2, 0) is 9.53 Å². The average Bonchev–Trinajstić information content (AvgIpc) is 3.15. The minimum atomic E-state index is 0.0256. The summed E-state index contributed by atoms with van der Waals surface area (Å²) in [5.74, 6) is 5.32. The zero-order chi connectivity index (χ0) is 24.5. The van der Waals surface area contributed by atoms with Gasteiger partial charge in [-0.25, -0.2) is 0 Å². The van der Waals surface area contributed by atoms with Crippen molar-refractivity contribution in [3.05, 3.63) is 11.6 Å². The summed E-state index contributed by atoms with van der Waals surface area (Å²) in [6.07, 6.45) is 19.9. The Labute approximate surface area is 211 Å². The Morgan fingerprint density at radius 3 is 2.56 bits per heavy atom. The zero-order valence-corrected chi connectivity index (χ0v) is 23.3. The second kappa shape index (κ2) is 10.7. The van der Waals surface area contributed by atoms with E-state index >= 15 is 0 Å². The van der Waals surface area contributed by atoms with Gasteiger partial charge in [0.15, 0.2) is 0 Å². The molecule has 0 N–H and O–H groups in total. The summed E-state index contributed by atoms with van der Waals surface area (Å²) in [4.78, 5) is 12.2. The maximum Gasteiger partial charge on any atom is 0.306 e. The monoisotopic (exact) mass is 470 g/mol. The Bertz CT molecular complexity index is 737. The number of fused-ring (bicyclic) bond motifs is 5. The van der Waals surface area contributed by atoms with E-state index in [4.69, 9.17) is 4.74 Å². The molecule has 0 aromatic rings. The number of carbonyl (C=O) groups is 1. The largest absolute Gasteiger partial charge is 0.462 e. The minimum absolute atomic E-state index is 0.0256. The smallest absolute Gasteiger partial charge is 0.306 e. The van der Waals surface area contributed by atoms with Gasteiger partial charge in [0, 0.05) is 12.8 Å². The molecule has 194 valence electrons. The molecule has 2 nitrogen and oxygen atoms in total. The number of unbranched alkanes of at least 4 members (excludes halogenated alkanes) is 1. The first kappa shape index (κ1) is 26.3. The van der Waals surface area contributed by atoms with Crippen LogP contribution in [0.25, 0.3) is 0 Å². The van der Waals surface area contributed by atoms with Gasteiger partial charge >= 0.3 is 5.97 Å². The lowest BCUT2D eigenvalue weighted by Crippen LogP contribution is -2.51. The number of esters is 1. The van der Waals surface area contributed by atoms with Gasteiger partial charge in [-0.3, -0.25) is 4.79 Å². The Morgan fingerprint density at radius 1 is 1.03 bits per heavy atom. The molecular weight excluding hydrogens is 416 g/mol. The Kier molecular flexibility index (Phi) is 8.25. The number of hydrogen-bond donors (Lipinski definition) is 0. The Hall–Kier alpha value is -0.790. The molecule has 0 bridgehead atoms. The van der Waals surface area contributed by atoms with Crippen LogP contribution in [0.1, 0.15) is 131 Å². The van der Waals surface area contributed by atoms with E-state index in [1.807, 2.05) is 0 Å². The lowest BCUT2D eigenvalue weighted by atomic mass is 9.47. The second-order valence-electron chi connectivity index (χ2n) is 13.7. The Balaban J connectivity index is 1.41. The van der Waals surface area contributed by atoms with Crippen LogP contribution in [0.3, 0.4) is 0 Å². The molecular formula is C32H54O2. The summed E-state index contributed by atoms with van der Waals surface area (Å²) in [7, 11) is 0.